The Bertz CT molecular complexity index is 729. The van der Waals surface area contributed by atoms with Crippen LogP contribution >= 0.6 is 27.3 Å². The minimum Gasteiger partial charge on any atom is -0.301 e. The molecule has 0 aliphatic rings. The molecule has 0 spiro atoms. The lowest BCUT2D eigenvalue weighted by Crippen LogP contribution is -2.40. The monoisotopic (exact) mass is 342 g/mol. The lowest BCUT2D eigenvalue weighted by molar-refractivity contribution is 0.0972. The zero-order valence-corrected chi connectivity index (χ0v) is 12.5. The van der Waals surface area contributed by atoms with Gasteiger partial charge in [-0.25, -0.2) is 4.79 Å². The number of carbonyl (C=O) groups is 1. The van der Waals surface area contributed by atoms with Gasteiger partial charge in [0.15, 0.2) is 5.78 Å². The van der Waals surface area contributed by atoms with E-state index in [-0.39, 0.29) is 12.3 Å². The highest BCUT2D eigenvalue weighted by Crippen LogP contribution is 2.22. The molecule has 19 heavy (non-hydrogen) atoms. The number of nitrogens with zero attached hydrogens (tertiary/aromatic N) is 2. The Hall–Kier alpha value is -1.47. The zero-order valence-electron chi connectivity index (χ0n) is 10.1. The van der Waals surface area contributed by atoms with Crippen LogP contribution in [0.3, 0.4) is 0 Å². The Morgan fingerprint density at radius 3 is 2.63 bits per heavy atom. The number of hydrogen-bond donors (Lipinski definition) is 0. The van der Waals surface area contributed by atoms with Gasteiger partial charge in [0.05, 0.1) is 15.2 Å². The maximum absolute atomic E-state index is 12.0. The van der Waals surface area contributed by atoms with Gasteiger partial charge in [-0.2, -0.15) is 0 Å². The summed E-state index contributed by atoms with van der Waals surface area (Å²) in [6.07, 6.45) is 1.44. The predicted octanol–water partition coefficient (Wildman–Crippen LogP) is 1.74. The summed E-state index contributed by atoms with van der Waals surface area (Å²) in [6.45, 7) is 2.03. The minimum atomic E-state index is -0.460. The number of halogens is 1. The molecule has 7 heteroatoms. The molecular formula is C12H11BrN2O3S. The second-order valence-electron chi connectivity index (χ2n) is 3.84. The molecule has 0 saturated heterocycles. The third-order valence-electron chi connectivity index (χ3n) is 2.63. The summed E-state index contributed by atoms with van der Waals surface area (Å²) in [5.74, 6) is -0.247. The first kappa shape index (κ1) is 14.0. The maximum Gasteiger partial charge on any atom is 0.331 e. The molecule has 0 amide bonds. The van der Waals surface area contributed by atoms with Crippen LogP contribution in [0.15, 0.2) is 37.8 Å². The van der Waals surface area contributed by atoms with Crippen LogP contribution in [-0.4, -0.2) is 14.9 Å². The lowest BCUT2D eigenvalue weighted by atomic mass is 10.3. The van der Waals surface area contributed by atoms with E-state index in [1.165, 1.54) is 28.2 Å². The molecule has 2 heterocycles. The quantitative estimate of drug-likeness (QED) is 0.795. The van der Waals surface area contributed by atoms with Crippen molar-refractivity contribution in [2.75, 3.05) is 0 Å². The number of aromatic nitrogens is 2. The Labute approximate surface area is 121 Å². The minimum absolute atomic E-state index is 0.231. The second-order valence-corrected chi connectivity index (χ2v) is 6.30. The van der Waals surface area contributed by atoms with E-state index >= 15 is 0 Å². The van der Waals surface area contributed by atoms with Gasteiger partial charge in [-0.3, -0.25) is 14.2 Å². The third kappa shape index (κ3) is 2.93. The van der Waals surface area contributed by atoms with E-state index in [9.17, 15) is 14.4 Å². The predicted molar refractivity (Wildman–Crippen MR) is 77.0 cm³/mol. The molecule has 0 aliphatic carbocycles. The van der Waals surface area contributed by atoms with E-state index in [0.717, 1.165) is 8.35 Å². The van der Waals surface area contributed by atoms with E-state index < -0.39 is 11.2 Å². The second kappa shape index (κ2) is 5.66. The van der Waals surface area contributed by atoms with Crippen LogP contribution in [0.2, 0.25) is 0 Å². The highest BCUT2D eigenvalue weighted by atomic mass is 79.9. The third-order valence-corrected chi connectivity index (χ3v) is 4.29. The SMILES string of the molecule is CCn1ccc(=O)n(CC(=O)c2ccc(Br)s2)c1=O. The molecule has 5 nitrogen and oxygen atoms in total. The molecule has 0 aliphatic heterocycles. The van der Waals surface area contributed by atoms with Gasteiger partial charge in [0, 0.05) is 18.8 Å². The van der Waals surface area contributed by atoms with Crippen molar-refractivity contribution in [2.24, 2.45) is 0 Å². The maximum atomic E-state index is 12.0. The van der Waals surface area contributed by atoms with Gasteiger partial charge in [-0.05, 0) is 35.0 Å². The summed E-state index contributed by atoms with van der Waals surface area (Å²) in [7, 11) is 0. The van der Waals surface area contributed by atoms with Crippen molar-refractivity contribution in [1.82, 2.24) is 9.13 Å². The standard InChI is InChI=1S/C12H11BrN2O3S/c1-2-14-6-5-11(17)15(12(14)18)7-8(16)9-3-4-10(13)19-9/h3-6H,2,7H2,1H3. The first-order chi connectivity index (χ1) is 9.02. The summed E-state index contributed by atoms with van der Waals surface area (Å²) in [6, 6.07) is 4.72. The molecular weight excluding hydrogens is 332 g/mol. The number of rotatable bonds is 4. The Morgan fingerprint density at radius 1 is 1.32 bits per heavy atom. The summed E-state index contributed by atoms with van der Waals surface area (Å²) in [5, 5.41) is 0. The normalized spacial score (nSPS) is 10.6. The van der Waals surface area contributed by atoms with Crippen molar-refractivity contribution in [3.8, 4) is 0 Å². The molecule has 0 radical (unpaired) electrons. The molecule has 2 aromatic rings. The smallest absolute Gasteiger partial charge is 0.301 e. The summed E-state index contributed by atoms with van der Waals surface area (Å²) in [4.78, 5) is 36.2. The summed E-state index contributed by atoms with van der Waals surface area (Å²) >= 11 is 4.55. The molecule has 2 rings (SSSR count). The largest absolute Gasteiger partial charge is 0.331 e. The van der Waals surface area contributed by atoms with Crippen molar-refractivity contribution < 1.29 is 4.79 Å². The van der Waals surface area contributed by atoms with Gasteiger partial charge in [-0.1, -0.05) is 0 Å². The van der Waals surface area contributed by atoms with Crippen molar-refractivity contribution in [2.45, 2.75) is 20.0 Å². The van der Waals surface area contributed by atoms with Crippen LogP contribution in [0.1, 0.15) is 16.6 Å². The van der Waals surface area contributed by atoms with Crippen LogP contribution in [-0.2, 0) is 13.1 Å². The van der Waals surface area contributed by atoms with Crippen LogP contribution in [0.25, 0.3) is 0 Å². The van der Waals surface area contributed by atoms with E-state index in [1.54, 1.807) is 19.1 Å². The fraction of sp³-hybridized carbons (Fsp3) is 0.250. The number of aryl methyl sites for hydroxylation is 1. The molecule has 0 aromatic carbocycles. The number of Topliss-reactive ketones (excluding diaryl/α,β-unsaturated/α-hetero) is 1. The van der Waals surface area contributed by atoms with Crippen molar-refractivity contribution in [3.05, 3.63) is 53.9 Å². The number of hydrogen-bond acceptors (Lipinski definition) is 4. The Morgan fingerprint density at radius 2 is 2.05 bits per heavy atom. The van der Waals surface area contributed by atoms with E-state index in [4.69, 9.17) is 0 Å². The number of thiophene rings is 1. The van der Waals surface area contributed by atoms with Crippen LogP contribution in [0, 0.1) is 0 Å². The van der Waals surface area contributed by atoms with Gasteiger partial charge in [0.1, 0.15) is 0 Å². The highest BCUT2D eigenvalue weighted by Gasteiger charge is 2.13. The fourth-order valence-electron chi connectivity index (χ4n) is 1.63. The molecule has 0 unspecified atom stereocenters. The molecule has 0 N–H and O–H groups in total. The van der Waals surface area contributed by atoms with Gasteiger partial charge < -0.3 is 4.57 Å². The van der Waals surface area contributed by atoms with E-state index in [1.807, 2.05) is 0 Å². The number of ketones is 1. The molecule has 100 valence electrons. The van der Waals surface area contributed by atoms with Gasteiger partial charge in [0.25, 0.3) is 5.56 Å². The highest BCUT2D eigenvalue weighted by molar-refractivity contribution is 9.11. The van der Waals surface area contributed by atoms with Crippen molar-refractivity contribution in [3.63, 3.8) is 0 Å². The van der Waals surface area contributed by atoms with Gasteiger partial charge in [-0.15, -0.1) is 11.3 Å². The lowest BCUT2D eigenvalue weighted by Gasteiger charge is -2.06. The average molecular weight is 343 g/mol. The molecule has 2 aromatic heterocycles. The molecule has 0 saturated carbocycles. The average Bonchev–Trinajstić information content (AvgIpc) is 2.81. The Kier molecular flexibility index (Phi) is 4.16. The number of carbonyl (C=O) groups excluding carboxylic acids is 1. The molecule has 0 bridgehead atoms. The van der Waals surface area contributed by atoms with Crippen LogP contribution in [0.4, 0.5) is 0 Å². The fourth-order valence-corrected chi connectivity index (χ4v) is 2.94. The van der Waals surface area contributed by atoms with Crippen molar-refractivity contribution >= 4 is 33.0 Å². The van der Waals surface area contributed by atoms with Crippen LogP contribution < -0.4 is 11.2 Å². The molecule has 0 atom stereocenters. The van der Waals surface area contributed by atoms with E-state index in [2.05, 4.69) is 15.9 Å². The zero-order chi connectivity index (χ0) is 14.0. The Balaban J connectivity index is 2.36. The first-order valence-electron chi connectivity index (χ1n) is 5.61. The summed E-state index contributed by atoms with van der Waals surface area (Å²) < 4.78 is 3.18. The first-order valence-corrected chi connectivity index (χ1v) is 7.22. The van der Waals surface area contributed by atoms with Crippen LogP contribution in [0.5, 0.6) is 0 Å². The van der Waals surface area contributed by atoms with Gasteiger partial charge >= 0.3 is 5.69 Å². The molecule has 0 fully saturated rings. The topological polar surface area (TPSA) is 61.1 Å². The summed E-state index contributed by atoms with van der Waals surface area (Å²) in [5.41, 5.74) is -0.919. The van der Waals surface area contributed by atoms with E-state index in [0.29, 0.717) is 11.4 Å². The van der Waals surface area contributed by atoms with Gasteiger partial charge in [0.2, 0.25) is 0 Å². The van der Waals surface area contributed by atoms with Crippen molar-refractivity contribution in [1.29, 1.82) is 0 Å².